The molecule has 1 heterocycles. The molecule has 0 radical (unpaired) electrons. The summed E-state index contributed by atoms with van der Waals surface area (Å²) in [5.41, 5.74) is 1.05. The van der Waals surface area contributed by atoms with Crippen molar-refractivity contribution in [2.45, 2.75) is 6.10 Å². The Morgan fingerprint density at radius 3 is 2.61 bits per heavy atom. The van der Waals surface area contributed by atoms with Crippen LogP contribution in [0.2, 0.25) is 0 Å². The van der Waals surface area contributed by atoms with Gasteiger partial charge in [-0.15, -0.1) is 0 Å². The summed E-state index contributed by atoms with van der Waals surface area (Å²) in [5.74, 6) is -0.463. The van der Waals surface area contributed by atoms with Gasteiger partial charge in [-0.25, -0.2) is 0 Å². The van der Waals surface area contributed by atoms with Crippen molar-refractivity contribution < 1.29 is 19.2 Å². The van der Waals surface area contributed by atoms with E-state index in [0.717, 1.165) is 0 Å². The van der Waals surface area contributed by atoms with Gasteiger partial charge in [0, 0.05) is 17.3 Å². The smallest absolute Gasteiger partial charge is 0.406 e. The minimum absolute atomic E-state index is 0.0952. The van der Waals surface area contributed by atoms with Crippen LogP contribution in [0.3, 0.4) is 0 Å². The molecule has 1 amide bonds. The number of rotatable bonds is 7. The first-order chi connectivity index (χ1) is 13.6. The number of amides is 1. The standard InChI is InChI=1S/C20H17N3O5/c1-27-16-10-5-9-15(13-16)22-20(24)18(14-7-3-2-4-8-14)28-17-11-6-12-21-19(17)23(25)26/h2-13,18H,1H3,(H,22,24)/t18-/m0/s1. The molecule has 0 unspecified atom stereocenters. The first-order valence-electron chi connectivity index (χ1n) is 8.34. The van der Waals surface area contributed by atoms with Crippen molar-refractivity contribution in [2.75, 3.05) is 12.4 Å². The fraction of sp³-hybridized carbons (Fsp3) is 0.100. The third-order valence-electron chi connectivity index (χ3n) is 3.85. The van der Waals surface area contributed by atoms with E-state index >= 15 is 0 Å². The highest BCUT2D eigenvalue weighted by atomic mass is 16.6. The first kappa shape index (κ1) is 18.8. The van der Waals surface area contributed by atoms with Gasteiger partial charge in [-0.05, 0) is 34.2 Å². The van der Waals surface area contributed by atoms with Crippen LogP contribution in [0, 0.1) is 10.1 Å². The third-order valence-corrected chi connectivity index (χ3v) is 3.85. The van der Waals surface area contributed by atoms with Gasteiger partial charge in [-0.2, -0.15) is 0 Å². The lowest BCUT2D eigenvalue weighted by atomic mass is 10.1. The molecule has 28 heavy (non-hydrogen) atoms. The van der Waals surface area contributed by atoms with Gasteiger partial charge in [0.25, 0.3) is 5.91 Å². The molecule has 3 aromatic rings. The van der Waals surface area contributed by atoms with Crippen LogP contribution in [0.15, 0.2) is 72.9 Å². The van der Waals surface area contributed by atoms with E-state index in [4.69, 9.17) is 9.47 Å². The summed E-state index contributed by atoms with van der Waals surface area (Å²) in [6.45, 7) is 0. The number of anilines is 1. The predicted molar refractivity (Wildman–Crippen MR) is 102 cm³/mol. The van der Waals surface area contributed by atoms with Gasteiger partial charge in [-0.3, -0.25) is 4.79 Å². The van der Waals surface area contributed by atoms with Crippen molar-refractivity contribution in [3.05, 3.63) is 88.6 Å². The minimum atomic E-state index is -1.12. The zero-order valence-electron chi connectivity index (χ0n) is 14.9. The number of pyridine rings is 1. The van der Waals surface area contributed by atoms with E-state index < -0.39 is 22.8 Å². The summed E-state index contributed by atoms with van der Waals surface area (Å²) in [6, 6.07) is 18.5. The van der Waals surface area contributed by atoms with Gasteiger partial charge < -0.3 is 24.9 Å². The molecule has 0 aliphatic heterocycles. The van der Waals surface area contributed by atoms with E-state index in [1.54, 1.807) is 54.6 Å². The van der Waals surface area contributed by atoms with E-state index in [-0.39, 0.29) is 5.75 Å². The summed E-state index contributed by atoms with van der Waals surface area (Å²) in [5, 5.41) is 14.0. The molecular formula is C20H17N3O5. The van der Waals surface area contributed by atoms with Crippen molar-refractivity contribution in [1.82, 2.24) is 4.98 Å². The van der Waals surface area contributed by atoms with Gasteiger partial charge in [-0.1, -0.05) is 36.4 Å². The van der Waals surface area contributed by atoms with Crippen LogP contribution < -0.4 is 14.8 Å². The van der Waals surface area contributed by atoms with Crippen molar-refractivity contribution >= 4 is 17.4 Å². The second-order valence-electron chi connectivity index (χ2n) is 5.71. The van der Waals surface area contributed by atoms with E-state index in [1.165, 1.54) is 25.4 Å². The van der Waals surface area contributed by atoms with Gasteiger partial charge >= 0.3 is 5.82 Å². The average molecular weight is 379 g/mol. The Hall–Kier alpha value is -3.94. The molecule has 0 saturated carbocycles. The highest BCUT2D eigenvalue weighted by molar-refractivity contribution is 5.95. The molecule has 3 rings (SSSR count). The van der Waals surface area contributed by atoms with Crippen LogP contribution in [0.5, 0.6) is 11.5 Å². The molecule has 1 N–H and O–H groups in total. The molecule has 142 valence electrons. The fourth-order valence-electron chi connectivity index (χ4n) is 2.55. The van der Waals surface area contributed by atoms with Crippen molar-refractivity contribution in [3.63, 3.8) is 0 Å². The molecule has 0 fully saturated rings. The molecule has 1 atom stereocenters. The molecule has 1 aromatic heterocycles. The number of benzene rings is 2. The second-order valence-corrected chi connectivity index (χ2v) is 5.71. The maximum absolute atomic E-state index is 12.9. The molecule has 0 spiro atoms. The van der Waals surface area contributed by atoms with Crippen LogP contribution in [-0.2, 0) is 4.79 Å². The van der Waals surface area contributed by atoms with Crippen molar-refractivity contribution in [2.24, 2.45) is 0 Å². The minimum Gasteiger partial charge on any atom is -0.497 e. The number of nitro groups is 1. The molecule has 8 nitrogen and oxygen atoms in total. The lowest BCUT2D eigenvalue weighted by Crippen LogP contribution is -2.26. The van der Waals surface area contributed by atoms with Crippen LogP contribution in [0.1, 0.15) is 11.7 Å². The summed E-state index contributed by atoms with van der Waals surface area (Å²) >= 11 is 0. The third kappa shape index (κ3) is 4.42. The zero-order chi connectivity index (χ0) is 19.9. The van der Waals surface area contributed by atoms with Crippen LogP contribution in [-0.4, -0.2) is 22.9 Å². The lowest BCUT2D eigenvalue weighted by Gasteiger charge is -2.19. The van der Waals surface area contributed by atoms with Crippen LogP contribution >= 0.6 is 0 Å². The number of hydrogen-bond donors (Lipinski definition) is 1. The lowest BCUT2D eigenvalue weighted by molar-refractivity contribution is -0.390. The molecular weight excluding hydrogens is 362 g/mol. The number of ether oxygens (including phenoxy) is 2. The fourth-order valence-corrected chi connectivity index (χ4v) is 2.55. The number of nitrogens with one attached hydrogen (secondary N) is 1. The van der Waals surface area contributed by atoms with Crippen LogP contribution in [0.4, 0.5) is 11.5 Å². The highest BCUT2D eigenvalue weighted by Crippen LogP contribution is 2.30. The Labute approximate surface area is 160 Å². The maximum Gasteiger partial charge on any atom is 0.406 e. The van der Waals surface area contributed by atoms with E-state index in [1.807, 2.05) is 0 Å². The quantitative estimate of drug-likeness (QED) is 0.495. The molecule has 0 aliphatic carbocycles. The molecule has 0 bridgehead atoms. The number of aromatic nitrogens is 1. The first-order valence-corrected chi connectivity index (χ1v) is 8.34. The van der Waals surface area contributed by atoms with Gasteiger partial charge in [0.1, 0.15) is 11.9 Å². The summed E-state index contributed by atoms with van der Waals surface area (Å²) in [4.78, 5) is 27.2. The predicted octanol–water partition coefficient (Wildman–Crippen LogP) is 3.76. The second kappa shape index (κ2) is 8.63. The Morgan fingerprint density at radius 1 is 1.11 bits per heavy atom. The summed E-state index contributed by atoms with van der Waals surface area (Å²) in [6.07, 6.45) is 0.175. The molecule has 8 heteroatoms. The maximum atomic E-state index is 12.9. The van der Waals surface area contributed by atoms with E-state index in [0.29, 0.717) is 17.0 Å². The summed E-state index contributed by atoms with van der Waals surface area (Å²) < 4.78 is 10.9. The normalized spacial score (nSPS) is 11.3. The Balaban J connectivity index is 1.91. The van der Waals surface area contributed by atoms with Crippen molar-refractivity contribution in [3.8, 4) is 11.5 Å². The Kier molecular flexibility index (Phi) is 5.81. The topological polar surface area (TPSA) is 104 Å². The highest BCUT2D eigenvalue weighted by Gasteiger charge is 2.27. The Morgan fingerprint density at radius 2 is 1.89 bits per heavy atom. The summed E-state index contributed by atoms with van der Waals surface area (Å²) in [7, 11) is 1.53. The number of hydrogen-bond acceptors (Lipinski definition) is 6. The Bertz CT molecular complexity index is 978. The number of nitrogens with zero attached hydrogens (tertiary/aromatic N) is 2. The molecule has 2 aromatic carbocycles. The van der Waals surface area contributed by atoms with Crippen molar-refractivity contribution in [1.29, 1.82) is 0 Å². The van der Waals surface area contributed by atoms with E-state index in [2.05, 4.69) is 10.3 Å². The SMILES string of the molecule is COc1cccc(NC(=O)[C@@H](Oc2cccnc2[N+](=O)[O-])c2ccccc2)c1. The number of carbonyl (C=O) groups is 1. The molecule has 0 aliphatic rings. The monoisotopic (exact) mass is 379 g/mol. The zero-order valence-corrected chi connectivity index (χ0v) is 14.9. The largest absolute Gasteiger partial charge is 0.497 e. The molecule has 0 saturated heterocycles. The van der Waals surface area contributed by atoms with Crippen LogP contribution in [0.25, 0.3) is 0 Å². The van der Waals surface area contributed by atoms with Gasteiger partial charge in [0.2, 0.25) is 11.9 Å². The van der Waals surface area contributed by atoms with Gasteiger partial charge in [0.15, 0.2) is 0 Å². The van der Waals surface area contributed by atoms with E-state index in [9.17, 15) is 14.9 Å². The number of carbonyl (C=O) groups excluding carboxylic acids is 1. The van der Waals surface area contributed by atoms with Gasteiger partial charge in [0.05, 0.1) is 7.11 Å². The average Bonchev–Trinajstić information content (AvgIpc) is 2.72. The number of methoxy groups -OCH3 is 1.